The minimum absolute atomic E-state index is 0.0121. The average Bonchev–Trinajstić information content (AvgIpc) is 3.11. The summed E-state index contributed by atoms with van der Waals surface area (Å²) in [5.74, 6) is 0.103. The number of ether oxygens (including phenoxy) is 3. The molecule has 0 bridgehead atoms. The van der Waals surface area contributed by atoms with E-state index in [1.165, 1.54) is 0 Å². The summed E-state index contributed by atoms with van der Waals surface area (Å²) in [6, 6.07) is 0. The lowest BCUT2D eigenvalue weighted by molar-refractivity contribution is -0.0597. The third kappa shape index (κ3) is 3.05. The molecule has 0 unspecified atom stereocenters. The van der Waals surface area contributed by atoms with E-state index in [0.29, 0.717) is 24.2 Å². The molecule has 0 amide bonds. The zero-order valence-corrected chi connectivity index (χ0v) is 13.4. The molecule has 1 aliphatic heterocycles. The van der Waals surface area contributed by atoms with Crippen molar-refractivity contribution in [3.05, 3.63) is 6.33 Å². The summed E-state index contributed by atoms with van der Waals surface area (Å²) in [5, 5.41) is 0. The second kappa shape index (κ2) is 6.84. The third-order valence-electron chi connectivity index (χ3n) is 3.65. The zero-order valence-electron chi connectivity index (χ0n) is 12.6. The normalized spacial score (nSPS) is 24.4. The van der Waals surface area contributed by atoms with Crippen LogP contribution in [0.4, 0.5) is 5.95 Å². The van der Waals surface area contributed by atoms with Crippen molar-refractivity contribution in [2.24, 2.45) is 0 Å². The first kappa shape index (κ1) is 16.2. The van der Waals surface area contributed by atoms with Gasteiger partial charge < -0.3 is 24.1 Å². The molecule has 3 heterocycles. The number of nitrogen functional groups attached to an aromatic ring is 1. The van der Waals surface area contributed by atoms with Crippen LogP contribution in [0.1, 0.15) is 12.6 Å². The molecule has 11 heteroatoms. The average molecular weight is 343 g/mol. The maximum atomic E-state index is 8.85. The summed E-state index contributed by atoms with van der Waals surface area (Å²) >= 11 is 0.168. The van der Waals surface area contributed by atoms with Crippen LogP contribution in [-0.2, 0) is 14.2 Å². The maximum Gasteiger partial charge on any atom is 0.263 e. The zero-order chi connectivity index (χ0) is 16.4. The highest BCUT2D eigenvalue weighted by Crippen LogP contribution is 2.34. The highest BCUT2D eigenvalue weighted by atomic mass is 32.2. The predicted molar refractivity (Wildman–Crippen MR) is 81.8 cm³/mol. The van der Waals surface area contributed by atoms with Crippen LogP contribution in [0.15, 0.2) is 6.33 Å². The van der Waals surface area contributed by atoms with Gasteiger partial charge in [-0.2, -0.15) is 9.97 Å². The lowest BCUT2D eigenvalue weighted by Gasteiger charge is -2.16. The van der Waals surface area contributed by atoms with Crippen LogP contribution in [0.3, 0.4) is 0 Å². The van der Waals surface area contributed by atoms with Crippen LogP contribution < -0.4 is 9.92 Å². The highest BCUT2D eigenvalue weighted by Gasteiger charge is 2.37. The standard InChI is InChI=1S/C12H17N5O5S/c1-19-4-7-6(20-2)3-8(21-7)17-5-14-9-10(17)15-12(13)16-11(9)22-23-18/h5-8,18H,3-4H2,1-2H3,(H2,13,15,16)/t6-,7-,8-/m1/s1. The van der Waals surface area contributed by atoms with Crippen molar-refractivity contribution in [1.29, 1.82) is 0 Å². The van der Waals surface area contributed by atoms with Gasteiger partial charge in [0.1, 0.15) is 12.3 Å². The quantitative estimate of drug-likeness (QED) is 0.729. The number of fused-ring (bicyclic) bond motifs is 1. The van der Waals surface area contributed by atoms with Crippen molar-refractivity contribution in [2.45, 2.75) is 24.9 Å². The fraction of sp³-hybridized carbons (Fsp3) is 0.583. The number of anilines is 1. The Labute approximate surface area is 136 Å². The third-order valence-corrected chi connectivity index (χ3v) is 3.88. The van der Waals surface area contributed by atoms with Crippen molar-refractivity contribution in [3.63, 3.8) is 0 Å². The second-order valence-corrected chi connectivity index (χ2v) is 5.28. The van der Waals surface area contributed by atoms with E-state index in [0.717, 1.165) is 0 Å². The van der Waals surface area contributed by atoms with Crippen molar-refractivity contribution < 1.29 is 22.9 Å². The summed E-state index contributed by atoms with van der Waals surface area (Å²) in [6.45, 7) is 0.425. The van der Waals surface area contributed by atoms with E-state index in [1.54, 1.807) is 25.1 Å². The molecule has 3 N–H and O–H groups in total. The fourth-order valence-corrected chi connectivity index (χ4v) is 2.83. The molecule has 10 nitrogen and oxygen atoms in total. The molecule has 0 saturated carbocycles. The number of nitrogens with zero attached hydrogens (tertiary/aromatic N) is 4. The number of nitrogens with two attached hydrogens (primary N) is 1. The number of hydrogen-bond donors (Lipinski definition) is 2. The van der Waals surface area contributed by atoms with Gasteiger partial charge in [0, 0.05) is 20.6 Å². The van der Waals surface area contributed by atoms with Gasteiger partial charge in [0.2, 0.25) is 18.3 Å². The number of rotatable bonds is 6. The Balaban J connectivity index is 1.94. The SMILES string of the molecule is COC[C@H]1O[C@@H](n2cnc3c(OSO)nc(N)nc32)C[C@H]1OC. The fourth-order valence-electron chi connectivity index (χ4n) is 2.64. The Morgan fingerprint density at radius 2 is 2.30 bits per heavy atom. The van der Waals surface area contributed by atoms with Crippen LogP contribution in [0.5, 0.6) is 5.88 Å². The monoisotopic (exact) mass is 343 g/mol. The van der Waals surface area contributed by atoms with E-state index in [4.69, 9.17) is 28.7 Å². The molecular weight excluding hydrogens is 326 g/mol. The molecule has 126 valence electrons. The van der Waals surface area contributed by atoms with Crippen LogP contribution in [0, 0.1) is 0 Å². The van der Waals surface area contributed by atoms with Crippen LogP contribution >= 0.6 is 12.3 Å². The maximum absolute atomic E-state index is 8.85. The number of hydrogen-bond acceptors (Lipinski definition) is 10. The minimum atomic E-state index is -0.325. The molecule has 1 fully saturated rings. The molecule has 23 heavy (non-hydrogen) atoms. The summed E-state index contributed by atoms with van der Waals surface area (Å²) in [7, 11) is 3.25. The van der Waals surface area contributed by atoms with E-state index in [-0.39, 0.29) is 42.6 Å². The molecule has 0 aliphatic carbocycles. The van der Waals surface area contributed by atoms with E-state index in [9.17, 15) is 0 Å². The van der Waals surface area contributed by atoms with Crippen LogP contribution in [-0.4, -0.2) is 57.1 Å². The Morgan fingerprint density at radius 3 is 3.00 bits per heavy atom. The number of aromatic nitrogens is 4. The van der Waals surface area contributed by atoms with Gasteiger partial charge in [-0.15, -0.1) is 0 Å². The van der Waals surface area contributed by atoms with Crippen molar-refractivity contribution in [1.82, 2.24) is 19.5 Å². The van der Waals surface area contributed by atoms with Gasteiger partial charge >= 0.3 is 0 Å². The molecule has 0 aromatic carbocycles. The van der Waals surface area contributed by atoms with Gasteiger partial charge in [-0.3, -0.25) is 9.12 Å². The molecule has 1 saturated heterocycles. The van der Waals surface area contributed by atoms with Crippen LogP contribution in [0.2, 0.25) is 0 Å². The Bertz CT molecular complexity index is 683. The Hall–Kier alpha value is -1.66. The van der Waals surface area contributed by atoms with Gasteiger partial charge in [0.05, 0.1) is 19.0 Å². The smallest absolute Gasteiger partial charge is 0.263 e. The van der Waals surface area contributed by atoms with Crippen molar-refractivity contribution in [2.75, 3.05) is 26.6 Å². The molecular formula is C12H17N5O5S. The molecule has 2 aromatic heterocycles. The van der Waals surface area contributed by atoms with Gasteiger partial charge in [-0.25, -0.2) is 4.98 Å². The molecule has 1 aliphatic rings. The Morgan fingerprint density at radius 1 is 1.48 bits per heavy atom. The van der Waals surface area contributed by atoms with E-state index in [1.807, 2.05) is 0 Å². The van der Waals surface area contributed by atoms with E-state index in [2.05, 4.69) is 15.0 Å². The van der Waals surface area contributed by atoms with Gasteiger partial charge in [-0.05, 0) is 0 Å². The first-order chi connectivity index (χ1) is 11.2. The van der Waals surface area contributed by atoms with Gasteiger partial charge in [0.25, 0.3) is 5.88 Å². The first-order valence-electron chi connectivity index (χ1n) is 6.83. The number of methoxy groups -OCH3 is 2. The van der Waals surface area contributed by atoms with Gasteiger partial charge in [0.15, 0.2) is 11.2 Å². The summed E-state index contributed by atoms with van der Waals surface area (Å²) < 4.78 is 32.1. The minimum Gasteiger partial charge on any atom is -0.382 e. The lowest BCUT2D eigenvalue weighted by Crippen LogP contribution is -2.27. The highest BCUT2D eigenvalue weighted by molar-refractivity contribution is 7.89. The van der Waals surface area contributed by atoms with Crippen molar-refractivity contribution in [3.8, 4) is 5.88 Å². The van der Waals surface area contributed by atoms with Crippen LogP contribution in [0.25, 0.3) is 11.2 Å². The Kier molecular flexibility index (Phi) is 4.82. The number of imidazole rings is 1. The molecule has 0 radical (unpaired) electrons. The largest absolute Gasteiger partial charge is 0.382 e. The lowest BCUT2D eigenvalue weighted by atomic mass is 10.2. The summed E-state index contributed by atoms with van der Waals surface area (Å²) in [4.78, 5) is 12.3. The second-order valence-electron chi connectivity index (χ2n) is 4.96. The van der Waals surface area contributed by atoms with E-state index >= 15 is 0 Å². The predicted octanol–water partition coefficient (Wildman–Crippen LogP) is 0.857. The van der Waals surface area contributed by atoms with Crippen molar-refractivity contribution >= 4 is 29.4 Å². The van der Waals surface area contributed by atoms with Gasteiger partial charge in [-0.1, -0.05) is 0 Å². The first-order valence-corrected chi connectivity index (χ1v) is 7.53. The van der Waals surface area contributed by atoms with E-state index < -0.39 is 0 Å². The molecule has 3 rings (SSSR count). The topological polar surface area (TPSA) is 127 Å². The summed E-state index contributed by atoms with van der Waals surface area (Å²) in [6.07, 6.45) is 1.58. The summed E-state index contributed by atoms with van der Waals surface area (Å²) in [5.41, 5.74) is 6.53. The molecule has 0 spiro atoms. The molecule has 2 aromatic rings. The molecule has 3 atom stereocenters.